The second kappa shape index (κ2) is 9.51. The molecule has 2 aromatic carbocycles. The number of aryl methyl sites for hydroxylation is 1. The topological polar surface area (TPSA) is 103 Å². The molecule has 1 aromatic heterocycles. The maximum Gasteiger partial charge on any atom is 0.293 e. The summed E-state index contributed by atoms with van der Waals surface area (Å²) in [6.07, 6.45) is 1.47. The standard InChI is InChI=1S/C23H17ClN2O6S/c1-14-2-5-16(6-3-14)31-11-10-25-22(27)21(33-23(25)28)13-17-7-9-20(32-17)15-4-8-18(24)19(12-15)26(29)30/h2-9,12-13H,10-11H2,1H3/b21-13-. The maximum absolute atomic E-state index is 12.7. The fraction of sp³-hybridized carbons (Fsp3) is 0.130. The first-order chi connectivity index (χ1) is 15.8. The Morgan fingerprint density at radius 1 is 1.15 bits per heavy atom. The zero-order valence-corrected chi connectivity index (χ0v) is 18.9. The van der Waals surface area contributed by atoms with Crippen molar-refractivity contribution in [3.63, 3.8) is 0 Å². The number of nitrogens with zero attached hydrogens (tertiary/aromatic N) is 2. The number of hydrogen-bond acceptors (Lipinski definition) is 7. The number of nitro groups is 1. The van der Waals surface area contributed by atoms with Gasteiger partial charge in [0.25, 0.3) is 16.8 Å². The Labute approximate surface area is 197 Å². The zero-order chi connectivity index (χ0) is 23.5. The molecular formula is C23H17ClN2O6S. The molecule has 1 aliphatic rings. The lowest BCUT2D eigenvalue weighted by molar-refractivity contribution is -0.384. The third-order valence-electron chi connectivity index (χ3n) is 4.81. The average molecular weight is 485 g/mol. The number of nitro benzene ring substituents is 1. The molecule has 1 aliphatic heterocycles. The van der Waals surface area contributed by atoms with Crippen LogP contribution in [0.5, 0.6) is 5.75 Å². The van der Waals surface area contributed by atoms with Gasteiger partial charge in [-0.15, -0.1) is 0 Å². The predicted molar refractivity (Wildman–Crippen MR) is 125 cm³/mol. The van der Waals surface area contributed by atoms with E-state index in [2.05, 4.69) is 0 Å². The highest BCUT2D eigenvalue weighted by Gasteiger charge is 2.35. The first-order valence-corrected chi connectivity index (χ1v) is 11.0. The number of thioether (sulfide) groups is 1. The molecule has 0 N–H and O–H groups in total. The van der Waals surface area contributed by atoms with Crippen LogP contribution < -0.4 is 4.74 Å². The molecule has 8 nitrogen and oxygen atoms in total. The van der Waals surface area contributed by atoms with Crippen molar-refractivity contribution < 1.29 is 23.7 Å². The molecule has 4 rings (SSSR count). The lowest BCUT2D eigenvalue weighted by atomic mass is 10.1. The van der Waals surface area contributed by atoms with Crippen molar-refractivity contribution in [3.05, 3.63) is 86.0 Å². The van der Waals surface area contributed by atoms with E-state index >= 15 is 0 Å². The summed E-state index contributed by atoms with van der Waals surface area (Å²) in [6.45, 7) is 2.26. The van der Waals surface area contributed by atoms with Crippen LogP contribution in [-0.4, -0.2) is 34.1 Å². The predicted octanol–water partition coefficient (Wildman–Crippen LogP) is 5.93. The van der Waals surface area contributed by atoms with E-state index in [1.165, 1.54) is 18.2 Å². The lowest BCUT2D eigenvalue weighted by Gasteiger charge is -2.13. The number of carbonyl (C=O) groups excluding carboxylic acids is 2. The molecule has 3 aromatic rings. The van der Waals surface area contributed by atoms with Crippen molar-refractivity contribution in [2.75, 3.05) is 13.2 Å². The van der Waals surface area contributed by atoms with Gasteiger partial charge in [-0.25, -0.2) is 0 Å². The summed E-state index contributed by atoms with van der Waals surface area (Å²) in [4.78, 5) is 36.8. The van der Waals surface area contributed by atoms with Crippen LogP contribution >= 0.6 is 23.4 Å². The number of carbonyl (C=O) groups is 2. The van der Waals surface area contributed by atoms with Crippen molar-refractivity contribution in [2.45, 2.75) is 6.92 Å². The Hall–Kier alpha value is -3.56. The number of halogens is 1. The number of amides is 2. The largest absolute Gasteiger partial charge is 0.492 e. The van der Waals surface area contributed by atoms with Gasteiger partial charge in [-0.05, 0) is 55.1 Å². The van der Waals surface area contributed by atoms with Gasteiger partial charge in [0, 0.05) is 17.7 Å². The van der Waals surface area contributed by atoms with Crippen LogP contribution in [0.25, 0.3) is 17.4 Å². The molecule has 2 heterocycles. The smallest absolute Gasteiger partial charge is 0.293 e. The van der Waals surface area contributed by atoms with E-state index in [0.717, 1.165) is 22.2 Å². The SMILES string of the molecule is Cc1ccc(OCCN2C(=O)S/C(=C\c3ccc(-c4ccc(Cl)c([N+](=O)[O-])c4)o3)C2=O)cc1. The van der Waals surface area contributed by atoms with Gasteiger partial charge in [0.1, 0.15) is 28.9 Å². The highest BCUT2D eigenvalue weighted by molar-refractivity contribution is 8.18. The van der Waals surface area contributed by atoms with Gasteiger partial charge in [-0.3, -0.25) is 24.6 Å². The van der Waals surface area contributed by atoms with E-state index in [-0.39, 0.29) is 34.0 Å². The number of benzene rings is 2. The highest BCUT2D eigenvalue weighted by atomic mass is 35.5. The quantitative estimate of drug-likeness (QED) is 0.232. The van der Waals surface area contributed by atoms with E-state index in [1.54, 1.807) is 18.2 Å². The van der Waals surface area contributed by atoms with Gasteiger partial charge >= 0.3 is 0 Å². The van der Waals surface area contributed by atoms with Gasteiger partial charge in [-0.2, -0.15) is 0 Å². The fourth-order valence-electron chi connectivity index (χ4n) is 3.10. The lowest BCUT2D eigenvalue weighted by Crippen LogP contribution is -2.32. The Morgan fingerprint density at radius 2 is 1.91 bits per heavy atom. The van der Waals surface area contributed by atoms with E-state index < -0.39 is 10.8 Å². The molecule has 10 heteroatoms. The molecule has 2 amide bonds. The zero-order valence-electron chi connectivity index (χ0n) is 17.3. The first kappa shape index (κ1) is 22.6. The Bertz CT molecular complexity index is 1270. The Kier molecular flexibility index (Phi) is 6.52. The molecular weight excluding hydrogens is 468 g/mol. The van der Waals surface area contributed by atoms with Crippen molar-refractivity contribution >= 4 is 46.3 Å². The summed E-state index contributed by atoms with van der Waals surface area (Å²) in [5, 5.41) is 10.7. The van der Waals surface area contributed by atoms with Gasteiger partial charge in [-0.1, -0.05) is 29.3 Å². The second-order valence-corrected chi connectivity index (χ2v) is 8.52. The van der Waals surface area contributed by atoms with E-state index in [9.17, 15) is 19.7 Å². The molecule has 0 bridgehead atoms. The van der Waals surface area contributed by atoms with Crippen LogP contribution in [0.1, 0.15) is 11.3 Å². The molecule has 0 aliphatic carbocycles. The summed E-state index contributed by atoms with van der Waals surface area (Å²) < 4.78 is 11.3. The molecule has 0 spiro atoms. The monoisotopic (exact) mass is 484 g/mol. The van der Waals surface area contributed by atoms with Crippen LogP contribution in [0.2, 0.25) is 5.02 Å². The molecule has 0 unspecified atom stereocenters. The van der Waals surface area contributed by atoms with Crippen LogP contribution in [0.4, 0.5) is 10.5 Å². The molecule has 1 fully saturated rings. The number of furan rings is 1. The number of hydrogen-bond donors (Lipinski definition) is 0. The number of rotatable bonds is 7. The van der Waals surface area contributed by atoms with Crippen molar-refractivity contribution in [1.82, 2.24) is 4.90 Å². The highest BCUT2D eigenvalue weighted by Crippen LogP contribution is 2.34. The van der Waals surface area contributed by atoms with Gasteiger partial charge in [0.05, 0.1) is 16.4 Å². The summed E-state index contributed by atoms with van der Waals surface area (Å²) in [5.74, 6) is 0.932. The third kappa shape index (κ3) is 5.10. The average Bonchev–Trinajstić information content (AvgIpc) is 3.35. The normalized spacial score (nSPS) is 14.8. The van der Waals surface area contributed by atoms with Crippen molar-refractivity contribution in [1.29, 1.82) is 0 Å². The minimum atomic E-state index is -0.575. The Balaban J connectivity index is 1.43. The fourth-order valence-corrected chi connectivity index (χ4v) is 4.13. The van der Waals surface area contributed by atoms with Gasteiger partial charge in [0.2, 0.25) is 0 Å². The van der Waals surface area contributed by atoms with E-state index in [4.69, 9.17) is 20.8 Å². The summed E-state index contributed by atoms with van der Waals surface area (Å²) in [7, 11) is 0. The molecule has 1 saturated heterocycles. The molecule has 33 heavy (non-hydrogen) atoms. The second-order valence-electron chi connectivity index (χ2n) is 7.12. The number of imide groups is 1. The minimum Gasteiger partial charge on any atom is -0.492 e. The summed E-state index contributed by atoms with van der Waals surface area (Å²) in [5.41, 5.74) is 1.34. The van der Waals surface area contributed by atoms with Crippen molar-refractivity contribution in [3.8, 4) is 17.1 Å². The van der Waals surface area contributed by atoms with Crippen molar-refractivity contribution in [2.24, 2.45) is 0 Å². The summed E-state index contributed by atoms with van der Waals surface area (Å²) in [6, 6.07) is 15.0. The summed E-state index contributed by atoms with van der Waals surface area (Å²) >= 11 is 6.66. The van der Waals surface area contributed by atoms with Crippen LogP contribution in [0.15, 0.2) is 63.9 Å². The van der Waals surface area contributed by atoms with Crippen LogP contribution in [-0.2, 0) is 4.79 Å². The van der Waals surface area contributed by atoms with Crippen LogP contribution in [0, 0.1) is 17.0 Å². The molecule has 168 valence electrons. The maximum atomic E-state index is 12.7. The van der Waals surface area contributed by atoms with E-state index in [0.29, 0.717) is 22.8 Å². The molecule has 0 radical (unpaired) electrons. The van der Waals surface area contributed by atoms with E-state index in [1.807, 2.05) is 31.2 Å². The minimum absolute atomic E-state index is 0.0237. The third-order valence-corrected chi connectivity index (χ3v) is 6.03. The molecule has 0 atom stereocenters. The van der Waals surface area contributed by atoms with Crippen LogP contribution in [0.3, 0.4) is 0 Å². The molecule has 0 saturated carbocycles. The van der Waals surface area contributed by atoms with Gasteiger partial charge < -0.3 is 9.15 Å². The first-order valence-electron chi connectivity index (χ1n) is 9.81. The van der Waals surface area contributed by atoms with Gasteiger partial charge in [0.15, 0.2) is 0 Å². The Morgan fingerprint density at radius 3 is 2.64 bits per heavy atom. The number of ether oxygens (including phenoxy) is 1.